The predicted octanol–water partition coefficient (Wildman–Crippen LogP) is 3.53. The Morgan fingerprint density at radius 3 is 2.68 bits per heavy atom. The number of ether oxygens (including phenoxy) is 1. The molecule has 0 aliphatic heterocycles. The molecule has 4 aromatic heterocycles. The molecule has 4 heterocycles. The molecule has 9 heteroatoms. The number of rotatable bonds is 5. The maximum atomic E-state index is 6.04. The van der Waals surface area contributed by atoms with Crippen LogP contribution in [0.4, 0.5) is 5.82 Å². The maximum absolute atomic E-state index is 6.04. The van der Waals surface area contributed by atoms with Crippen molar-refractivity contribution in [3.63, 3.8) is 0 Å². The molecule has 31 heavy (non-hydrogen) atoms. The third-order valence-electron chi connectivity index (χ3n) is 5.86. The van der Waals surface area contributed by atoms with Crippen molar-refractivity contribution < 1.29 is 4.74 Å². The minimum absolute atomic E-state index is 0.132. The minimum Gasteiger partial charge on any atom is -0.460 e. The van der Waals surface area contributed by atoms with E-state index in [2.05, 4.69) is 36.1 Å². The van der Waals surface area contributed by atoms with Gasteiger partial charge in [0.15, 0.2) is 0 Å². The molecule has 1 fully saturated rings. The molecule has 0 radical (unpaired) electrons. The van der Waals surface area contributed by atoms with Gasteiger partial charge in [-0.15, -0.1) is 0 Å². The minimum atomic E-state index is 0.132. The van der Waals surface area contributed by atoms with Gasteiger partial charge in [-0.2, -0.15) is 10.2 Å². The molecule has 0 bridgehead atoms. The summed E-state index contributed by atoms with van der Waals surface area (Å²) in [7, 11) is 3.80. The standard InChI is InChI=1S/C22H26N8O/c1-14-8-9-24-22(27-14)31-17-6-4-16(5-7-17)30-19-10-20(23-2)25-12-18(19)21(28-30)15-11-26-29(3)13-15/h8-13,16-17H,4-7H2,1-3H3,(H,23,25). The van der Waals surface area contributed by atoms with Crippen molar-refractivity contribution in [3.8, 4) is 17.3 Å². The average Bonchev–Trinajstić information content (AvgIpc) is 3.37. The van der Waals surface area contributed by atoms with Crippen LogP contribution in [-0.2, 0) is 7.05 Å². The van der Waals surface area contributed by atoms with E-state index in [0.29, 0.717) is 12.1 Å². The van der Waals surface area contributed by atoms with Crippen molar-refractivity contribution in [3.05, 3.63) is 42.6 Å². The lowest BCUT2D eigenvalue weighted by molar-refractivity contribution is 0.120. The molecule has 0 saturated heterocycles. The zero-order valence-electron chi connectivity index (χ0n) is 18.0. The second kappa shape index (κ2) is 7.98. The maximum Gasteiger partial charge on any atom is 0.316 e. The number of hydrogen-bond donors (Lipinski definition) is 1. The molecule has 0 atom stereocenters. The third kappa shape index (κ3) is 3.83. The van der Waals surface area contributed by atoms with Crippen LogP contribution >= 0.6 is 0 Å². The fraction of sp³-hybridized carbons (Fsp3) is 0.409. The van der Waals surface area contributed by atoms with Crippen LogP contribution in [0.2, 0.25) is 0 Å². The molecule has 1 aliphatic rings. The van der Waals surface area contributed by atoms with Crippen LogP contribution in [0.5, 0.6) is 6.01 Å². The summed E-state index contributed by atoms with van der Waals surface area (Å²) in [5.41, 5.74) is 3.92. The number of aromatic nitrogens is 7. The fourth-order valence-corrected chi connectivity index (χ4v) is 4.24. The molecular weight excluding hydrogens is 392 g/mol. The van der Waals surface area contributed by atoms with Gasteiger partial charge >= 0.3 is 6.01 Å². The summed E-state index contributed by atoms with van der Waals surface area (Å²) in [6, 6.07) is 4.72. The van der Waals surface area contributed by atoms with E-state index < -0.39 is 0 Å². The van der Waals surface area contributed by atoms with Crippen LogP contribution < -0.4 is 10.1 Å². The second-order valence-corrected chi connectivity index (χ2v) is 8.06. The van der Waals surface area contributed by atoms with Gasteiger partial charge in [0.05, 0.1) is 17.8 Å². The van der Waals surface area contributed by atoms with Gasteiger partial charge in [0.25, 0.3) is 0 Å². The average molecular weight is 419 g/mol. The van der Waals surface area contributed by atoms with Crippen LogP contribution in [0, 0.1) is 6.92 Å². The zero-order valence-corrected chi connectivity index (χ0v) is 18.0. The first-order chi connectivity index (χ1) is 15.1. The van der Waals surface area contributed by atoms with Crippen LogP contribution in [0.1, 0.15) is 37.4 Å². The molecule has 0 unspecified atom stereocenters. The van der Waals surface area contributed by atoms with Crippen LogP contribution in [0.3, 0.4) is 0 Å². The van der Waals surface area contributed by atoms with Crippen molar-refractivity contribution in [2.45, 2.75) is 44.8 Å². The van der Waals surface area contributed by atoms with E-state index >= 15 is 0 Å². The Morgan fingerprint density at radius 2 is 1.97 bits per heavy atom. The SMILES string of the molecule is CNc1cc2c(cn1)c(-c1cnn(C)c1)nn2C1CCC(Oc2nccc(C)n2)CC1. The summed E-state index contributed by atoms with van der Waals surface area (Å²) in [5, 5.41) is 13.5. The lowest BCUT2D eigenvalue weighted by Gasteiger charge is -2.29. The number of aryl methyl sites for hydroxylation is 2. The van der Waals surface area contributed by atoms with Gasteiger partial charge in [-0.3, -0.25) is 9.36 Å². The fourth-order valence-electron chi connectivity index (χ4n) is 4.24. The van der Waals surface area contributed by atoms with Gasteiger partial charge in [-0.1, -0.05) is 0 Å². The zero-order chi connectivity index (χ0) is 21.4. The highest BCUT2D eigenvalue weighted by Gasteiger charge is 2.27. The molecule has 1 aliphatic carbocycles. The van der Waals surface area contributed by atoms with Crippen molar-refractivity contribution in [1.82, 2.24) is 34.5 Å². The van der Waals surface area contributed by atoms with E-state index in [4.69, 9.17) is 9.84 Å². The summed E-state index contributed by atoms with van der Waals surface area (Å²) in [6.07, 6.45) is 11.5. The Balaban J connectivity index is 1.41. The predicted molar refractivity (Wildman–Crippen MR) is 118 cm³/mol. The van der Waals surface area contributed by atoms with Crippen molar-refractivity contribution >= 4 is 16.7 Å². The molecule has 4 aromatic rings. The molecule has 0 amide bonds. The van der Waals surface area contributed by atoms with E-state index in [1.807, 2.05) is 45.7 Å². The van der Waals surface area contributed by atoms with Crippen LogP contribution in [0.25, 0.3) is 22.2 Å². The Morgan fingerprint density at radius 1 is 1.13 bits per heavy atom. The summed E-state index contributed by atoms with van der Waals surface area (Å²) in [4.78, 5) is 13.1. The number of anilines is 1. The molecule has 5 rings (SSSR count). The number of nitrogens with one attached hydrogen (secondary N) is 1. The van der Waals surface area contributed by atoms with Gasteiger partial charge in [-0.25, -0.2) is 15.0 Å². The third-order valence-corrected chi connectivity index (χ3v) is 5.86. The Hall–Kier alpha value is -3.49. The lowest BCUT2D eigenvalue weighted by atomic mass is 9.93. The molecular formula is C22H26N8O. The van der Waals surface area contributed by atoms with Gasteiger partial charge < -0.3 is 10.1 Å². The smallest absolute Gasteiger partial charge is 0.316 e. The van der Waals surface area contributed by atoms with Crippen LogP contribution in [0.15, 0.2) is 36.9 Å². The highest BCUT2D eigenvalue weighted by Crippen LogP contribution is 2.36. The molecule has 0 aromatic carbocycles. The van der Waals surface area contributed by atoms with Gasteiger partial charge in [-0.05, 0) is 38.7 Å². The number of hydrogen-bond acceptors (Lipinski definition) is 7. The van der Waals surface area contributed by atoms with E-state index in [-0.39, 0.29) is 6.10 Å². The Bertz CT molecular complexity index is 1210. The quantitative estimate of drug-likeness (QED) is 0.530. The highest BCUT2D eigenvalue weighted by atomic mass is 16.5. The van der Waals surface area contributed by atoms with Crippen molar-refractivity contribution in [2.75, 3.05) is 12.4 Å². The summed E-state index contributed by atoms with van der Waals surface area (Å²) < 4.78 is 10.0. The summed E-state index contributed by atoms with van der Waals surface area (Å²) in [5.74, 6) is 0.833. The van der Waals surface area contributed by atoms with E-state index in [1.54, 1.807) is 10.9 Å². The highest BCUT2D eigenvalue weighted by molar-refractivity contribution is 5.93. The Labute approximate surface area is 180 Å². The number of nitrogens with zero attached hydrogens (tertiary/aromatic N) is 7. The monoisotopic (exact) mass is 418 g/mol. The molecule has 0 spiro atoms. The second-order valence-electron chi connectivity index (χ2n) is 8.06. The van der Waals surface area contributed by atoms with Gasteiger partial charge in [0, 0.05) is 55.4 Å². The number of fused-ring (bicyclic) bond motifs is 1. The first-order valence-electron chi connectivity index (χ1n) is 10.6. The van der Waals surface area contributed by atoms with E-state index in [0.717, 1.165) is 59.4 Å². The van der Waals surface area contributed by atoms with E-state index in [9.17, 15) is 0 Å². The molecule has 9 nitrogen and oxygen atoms in total. The normalized spacial score (nSPS) is 18.9. The first-order valence-corrected chi connectivity index (χ1v) is 10.6. The van der Waals surface area contributed by atoms with E-state index in [1.165, 1.54) is 0 Å². The van der Waals surface area contributed by atoms with Crippen LogP contribution in [-0.4, -0.2) is 47.7 Å². The summed E-state index contributed by atoms with van der Waals surface area (Å²) >= 11 is 0. The Kier molecular flexibility index (Phi) is 5.01. The molecule has 160 valence electrons. The molecule has 1 N–H and O–H groups in total. The molecule has 1 saturated carbocycles. The first kappa shape index (κ1) is 19.5. The van der Waals surface area contributed by atoms with Crippen molar-refractivity contribution in [1.29, 1.82) is 0 Å². The summed E-state index contributed by atoms with van der Waals surface area (Å²) in [6.45, 7) is 1.95. The largest absolute Gasteiger partial charge is 0.460 e. The number of pyridine rings is 1. The van der Waals surface area contributed by atoms with Gasteiger partial charge in [0.2, 0.25) is 0 Å². The van der Waals surface area contributed by atoms with Crippen molar-refractivity contribution in [2.24, 2.45) is 7.05 Å². The topological polar surface area (TPSA) is 95.6 Å². The lowest BCUT2D eigenvalue weighted by Crippen LogP contribution is -2.27. The van der Waals surface area contributed by atoms with Gasteiger partial charge in [0.1, 0.15) is 17.6 Å².